The van der Waals surface area contributed by atoms with Crippen molar-refractivity contribution in [3.05, 3.63) is 48.0 Å². The molecule has 1 aliphatic carbocycles. The largest absolute Gasteiger partial charge is 0.356 e. The molecule has 5 heteroatoms. The Morgan fingerprint density at radius 1 is 1.07 bits per heavy atom. The van der Waals surface area contributed by atoms with Gasteiger partial charge < -0.3 is 15.5 Å². The summed E-state index contributed by atoms with van der Waals surface area (Å²) in [6.45, 7) is 4.77. The molecule has 1 aromatic carbocycles. The Morgan fingerprint density at radius 2 is 1.79 bits per heavy atom. The fraction of sp³-hybridized carbons (Fsp3) is 0.609. The lowest BCUT2D eigenvalue weighted by atomic mass is 9.90. The highest BCUT2D eigenvalue weighted by Crippen LogP contribution is 2.21. The maximum absolute atomic E-state index is 4.34. The summed E-state index contributed by atoms with van der Waals surface area (Å²) in [5.41, 5.74) is 1.50. The molecule has 3 rings (SSSR count). The number of benzene rings is 1. The number of unbranched alkanes of at least 4 members (excludes halogenated alkanes) is 1. The fourth-order valence-electron chi connectivity index (χ4n) is 4.15. The summed E-state index contributed by atoms with van der Waals surface area (Å²) < 4.78 is 0. The smallest absolute Gasteiger partial charge is 0.191 e. The molecule has 2 N–H and O–H groups in total. The molecule has 0 unspecified atom stereocenters. The third-order valence-corrected chi connectivity index (χ3v) is 5.84. The number of hydrogen-bond donors (Lipinski definition) is 2. The Bertz CT molecular complexity index is 586. The van der Waals surface area contributed by atoms with Gasteiger partial charge in [0.05, 0.1) is 0 Å². The summed E-state index contributed by atoms with van der Waals surface area (Å²) in [4.78, 5) is 6.99. The Morgan fingerprint density at radius 3 is 2.46 bits per heavy atom. The van der Waals surface area contributed by atoms with Crippen LogP contribution in [-0.4, -0.2) is 50.1 Å². The molecule has 0 atom stereocenters. The second-order valence-corrected chi connectivity index (χ2v) is 7.96. The van der Waals surface area contributed by atoms with Crippen LogP contribution >= 0.6 is 24.0 Å². The summed E-state index contributed by atoms with van der Waals surface area (Å²) in [6.07, 6.45) is 13.1. The normalized spacial score (nSPS) is 18.8. The first-order valence-corrected chi connectivity index (χ1v) is 10.7. The number of nitrogens with zero attached hydrogens (tertiary/aromatic N) is 2. The molecule has 0 bridgehead atoms. The highest BCUT2D eigenvalue weighted by Gasteiger charge is 2.19. The SMILES string of the molecule is CN=C(NCCCCN1CCC(Cc2ccccc2)CC1)NC1CC=CC1.I. The van der Waals surface area contributed by atoms with Crippen molar-refractivity contribution in [3.8, 4) is 0 Å². The average Bonchev–Trinajstić information content (AvgIpc) is 3.22. The van der Waals surface area contributed by atoms with E-state index in [9.17, 15) is 0 Å². The molecule has 1 aliphatic heterocycles. The van der Waals surface area contributed by atoms with Crippen molar-refractivity contribution in [2.45, 2.75) is 51.0 Å². The third-order valence-electron chi connectivity index (χ3n) is 5.84. The van der Waals surface area contributed by atoms with Gasteiger partial charge in [-0.05, 0) is 76.1 Å². The summed E-state index contributed by atoms with van der Waals surface area (Å²) in [5, 5.41) is 6.96. The van der Waals surface area contributed by atoms with Gasteiger partial charge in [-0.25, -0.2) is 0 Å². The van der Waals surface area contributed by atoms with Crippen LogP contribution in [0.1, 0.15) is 44.1 Å². The van der Waals surface area contributed by atoms with E-state index in [1.54, 1.807) is 0 Å². The second-order valence-electron chi connectivity index (χ2n) is 7.96. The van der Waals surface area contributed by atoms with Crippen LogP contribution in [0.2, 0.25) is 0 Å². The van der Waals surface area contributed by atoms with Crippen LogP contribution < -0.4 is 10.6 Å². The van der Waals surface area contributed by atoms with E-state index in [-0.39, 0.29) is 24.0 Å². The molecule has 0 saturated carbocycles. The van der Waals surface area contributed by atoms with Crippen molar-refractivity contribution in [3.63, 3.8) is 0 Å². The first-order chi connectivity index (χ1) is 13.3. The van der Waals surface area contributed by atoms with Crippen molar-refractivity contribution < 1.29 is 0 Å². The Balaban J connectivity index is 0.00000280. The molecule has 2 aliphatic rings. The van der Waals surface area contributed by atoms with Gasteiger partial charge in [-0.2, -0.15) is 0 Å². The summed E-state index contributed by atoms with van der Waals surface area (Å²) in [5.74, 6) is 1.82. The predicted molar refractivity (Wildman–Crippen MR) is 131 cm³/mol. The zero-order chi connectivity index (χ0) is 18.7. The van der Waals surface area contributed by atoms with Crippen molar-refractivity contribution in [2.75, 3.05) is 33.2 Å². The molecule has 0 aromatic heterocycles. The van der Waals surface area contributed by atoms with Crippen molar-refractivity contribution in [2.24, 2.45) is 10.9 Å². The number of hydrogen-bond acceptors (Lipinski definition) is 2. The first-order valence-electron chi connectivity index (χ1n) is 10.7. The highest BCUT2D eigenvalue weighted by atomic mass is 127. The van der Waals surface area contributed by atoms with Crippen LogP contribution in [0, 0.1) is 5.92 Å². The minimum atomic E-state index is 0. The number of aliphatic imine (C=N–C) groups is 1. The van der Waals surface area contributed by atoms with E-state index < -0.39 is 0 Å². The van der Waals surface area contributed by atoms with E-state index in [1.165, 1.54) is 57.3 Å². The van der Waals surface area contributed by atoms with Gasteiger partial charge in [0.2, 0.25) is 0 Å². The highest BCUT2D eigenvalue weighted by molar-refractivity contribution is 14.0. The Labute approximate surface area is 188 Å². The number of rotatable bonds is 8. The van der Waals surface area contributed by atoms with E-state index in [0.717, 1.165) is 31.3 Å². The molecule has 1 heterocycles. The molecule has 0 amide bonds. The minimum absolute atomic E-state index is 0. The Kier molecular flexibility index (Phi) is 10.9. The molecular formula is C23H37IN4. The third kappa shape index (κ3) is 8.11. The van der Waals surface area contributed by atoms with Gasteiger partial charge in [0.1, 0.15) is 0 Å². The maximum Gasteiger partial charge on any atom is 0.191 e. The summed E-state index contributed by atoms with van der Waals surface area (Å²) in [6, 6.07) is 11.5. The van der Waals surface area contributed by atoms with Gasteiger partial charge in [0.25, 0.3) is 0 Å². The van der Waals surface area contributed by atoms with Crippen LogP contribution in [0.25, 0.3) is 0 Å². The van der Waals surface area contributed by atoms with Gasteiger partial charge >= 0.3 is 0 Å². The topological polar surface area (TPSA) is 39.7 Å². The fourth-order valence-corrected chi connectivity index (χ4v) is 4.15. The molecule has 1 aromatic rings. The number of nitrogens with one attached hydrogen (secondary N) is 2. The van der Waals surface area contributed by atoms with Crippen LogP contribution in [-0.2, 0) is 6.42 Å². The molecule has 0 radical (unpaired) electrons. The van der Waals surface area contributed by atoms with Gasteiger partial charge in [-0.3, -0.25) is 4.99 Å². The zero-order valence-electron chi connectivity index (χ0n) is 17.3. The second kappa shape index (κ2) is 13.2. The summed E-state index contributed by atoms with van der Waals surface area (Å²) >= 11 is 0. The summed E-state index contributed by atoms with van der Waals surface area (Å²) in [7, 11) is 1.86. The standard InChI is InChI=1S/C23H36N4.HI/c1-24-23(26-22-11-5-6-12-22)25-15-7-8-16-27-17-13-21(14-18-27)19-20-9-3-2-4-10-20;/h2-6,9-10,21-22H,7-8,11-19H2,1H3,(H2,24,25,26);1H. The van der Waals surface area contributed by atoms with Crippen LogP contribution in [0.3, 0.4) is 0 Å². The molecule has 156 valence electrons. The number of likely N-dealkylation sites (tertiary alicyclic amines) is 1. The van der Waals surface area contributed by atoms with E-state index in [0.29, 0.717) is 6.04 Å². The lowest BCUT2D eigenvalue weighted by Gasteiger charge is -2.32. The minimum Gasteiger partial charge on any atom is -0.356 e. The lowest BCUT2D eigenvalue weighted by molar-refractivity contribution is 0.181. The van der Waals surface area contributed by atoms with Gasteiger partial charge in [0.15, 0.2) is 5.96 Å². The molecule has 28 heavy (non-hydrogen) atoms. The van der Waals surface area contributed by atoms with Crippen LogP contribution in [0.5, 0.6) is 0 Å². The van der Waals surface area contributed by atoms with Crippen molar-refractivity contribution in [1.82, 2.24) is 15.5 Å². The molecule has 4 nitrogen and oxygen atoms in total. The number of guanidine groups is 1. The zero-order valence-corrected chi connectivity index (χ0v) is 19.6. The molecule has 1 saturated heterocycles. The molecule has 1 fully saturated rings. The molecule has 0 spiro atoms. The monoisotopic (exact) mass is 496 g/mol. The van der Waals surface area contributed by atoms with Crippen molar-refractivity contribution in [1.29, 1.82) is 0 Å². The van der Waals surface area contributed by atoms with E-state index in [1.807, 2.05) is 7.05 Å². The van der Waals surface area contributed by atoms with E-state index >= 15 is 0 Å². The van der Waals surface area contributed by atoms with Crippen LogP contribution in [0.15, 0.2) is 47.5 Å². The quantitative estimate of drug-likeness (QED) is 0.186. The lowest BCUT2D eigenvalue weighted by Crippen LogP contribution is -2.42. The number of halogens is 1. The number of piperidine rings is 1. The molecular weight excluding hydrogens is 459 g/mol. The average molecular weight is 496 g/mol. The van der Waals surface area contributed by atoms with Gasteiger partial charge in [0, 0.05) is 19.6 Å². The van der Waals surface area contributed by atoms with E-state index in [4.69, 9.17) is 0 Å². The van der Waals surface area contributed by atoms with Gasteiger partial charge in [-0.1, -0.05) is 42.5 Å². The van der Waals surface area contributed by atoms with E-state index in [2.05, 4.69) is 63.0 Å². The Hall–Kier alpha value is -1.08. The van der Waals surface area contributed by atoms with Crippen molar-refractivity contribution >= 4 is 29.9 Å². The maximum atomic E-state index is 4.34. The van der Waals surface area contributed by atoms with Gasteiger partial charge in [-0.15, -0.1) is 24.0 Å². The predicted octanol–water partition coefficient (Wildman–Crippen LogP) is 4.22. The van der Waals surface area contributed by atoms with Crippen LogP contribution in [0.4, 0.5) is 0 Å². The first kappa shape index (κ1) is 23.2.